The topological polar surface area (TPSA) is 103 Å². The molecule has 4 aromatic rings. The number of carbonyl (C=O) groups is 1. The number of aromatic nitrogens is 5. The SMILES string of the molecule is CN1CCCC[C@H]1C(=O)N1Cc2nc(-c3n[nH]c4ccc(OCc5c(Cl)cncc5Cl)cc34)[nH]c2C1. The molecule has 1 atom stereocenters. The summed E-state index contributed by atoms with van der Waals surface area (Å²) in [7, 11) is 2.04. The summed E-state index contributed by atoms with van der Waals surface area (Å²) in [6.45, 7) is 2.24. The van der Waals surface area contributed by atoms with Crippen LogP contribution in [-0.2, 0) is 24.5 Å². The zero-order valence-electron chi connectivity index (χ0n) is 19.7. The highest BCUT2D eigenvalue weighted by atomic mass is 35.5. The summed E-state index contributed by atoms with van der Waals surface area (Å²) in [4.78, 5) is 29.3. The van der Waals surface area contributed by atoms with Gasteiger partial charge < -0.3 is 14.6 Å². The van der Waals surface area contributed by atoms with Crippen molar-refractivity contribution in [2.45, 2.75) is 45.0 Å². The van der Waals surface area contributed by atoms with Crippen molar-refractivity contribution >= 4 is 40.0 Å². The predicted octanol–water partition coefficient (Wildman–Crippen LogP) is 4.56. The number of likely N-dealkylation sites (tertiary alicyclic amines) is 1. The van der Waals surface area contributed by atoms with E-state index in [1.807, 2.05) is 30.1 Å². The monoisotopic (exact) mass is 525 g/mol. The highest BCUT2D eigenvalue weighted by Gasteiger charge is 2.34. The number of H-pyrrole nitrogens is 2. The molecule has 0 saturated carbocycles. The molecule has 0 spiro atoms. The minimum absolute atomic E-state index is 0.0344. The highest BCUT2D eigenvalue weighted by Crippen LogP contribution is 2.32. The fraction of sp³-hybridized carbons (Fsp3) is 0.360. The number of nitrogens with zero attached hydrogens (tertiary/aromatic N) is 5. The summed E-state index contributed by atoms with van der Waals surface area (Å²) in [5.41, 5.74) is 4.10. The van der Waals surface area contributed by atoms with E-state index in [2.05, 4.69) is 25.1 Å². The van der Waals surface area contributed by atoms with Gasteiger partial charge >= 0.3 is 0 Å². The zero-order valence-corrected chi connectivity index (χ0v) is 21.2. The van der Waals surface area contributed by atoms with E-state index in [0.717, 1.165) is 48.1 Å². The lowest BCUT2D eigenvalue weighted by atomic mass is 10.0. The molecule has 2 aliphatic rings. The molecular weight excluding hydrogens is 501 g/mol. The number of rotatable bonds is 5. The number of halogens is 2. The van der Waals surface area contributed by atoms with Gasteiger partial charge in [0.15, 0.2) is 5.82 Å². The van der Waals surface area contributed by atoms with Gasteiger partial charge in [-0.15, -0.1) is 0 Å². The first-order valence-corrected chi connectivity index (χ1v) is 12.7. The third kappa shape index (κ3) is 4.21. The number of aromatic amines is 2. The second-order valence-corrected chi connectivity index (χ2v) is 10.2. The van der Waals surface area contributed by atoms with Crippen LogP contribution in [0.3, 0.4) is 0 Å². The Kier molecular flexibility index (Phi) is 6.07. The molecule has 6 rings (SSSR count). The van der Waals surface area contributed by atoms with Gasteiger partial charge in [-0.1, -0.05) is 29.6 Å². The normalized spacial score (nSPS) is 18.1. The van der Waals surface area contributed by atoms with E-state index in [-0.39, 0.29) is 18.6 Å². The lowest BCUT2D eigenvalue weighted by Gasteiger charge is -2.33. The molecule has 3 aromatic heterocycles. The number of pyridine rings is 1. The lowest BCUT2D eigenvalue weighted by molar-refractivity contribution is -0.138. The Hall–Kier alpha value is -3.14. The summed E-state index contributed by atoms with van der Waals surface area (Å²) in [5, 5.41) is 9.35. The van der Waals surface area contributed by atoms with Crippen LogP contribution in [0.5, 0.6) is 5.75 Å². The second kappa shape index (κ2) is 9.38. The van der Waals surface area contributed by atoms with Gasteiger partial charge in [0.25, 0.3) is 0 Å². The molecule has 0 bridgehead atoms. The molecule has 2 N–H and O–H groups in total. The predicted molar refractivity (Wildman–Crippen MR) is 137 cm³/mol. The third-order valence-corrected chi connectivity index (χ3v) is 7.67. The molecular formula is C25H25Cl2N7O2. The third-order valence-electron chi connectivity index (χ3n) is 7.02. The number of amides is 1. The molecule has 0 radical (unpaired) electrons. The van der Waals surface area contributed by atoms with Gasteiger partial charge in [-0.25, -0.2) is 4.98 Å². The Morgan fingerprint density at radius 2 is 2.03 bits per heavy atom. The van der Waals surface area contributed by atoms with Crippen molar-refractivity contribution in [3.8, 4) is 17.3 Å². The quantitative estimate of drug-likeness (QED) is 0.395. The van der Waals surface area contributed by atoms with Crippen molar-refractivity contribution in [3.05, 3.63) is 57.6 Å². The van der Waals surface area contributed by atoms with E-state index in [9.17, 15) is 4.79 Å². The maximum absolute atomic E-state index is 13.1. The van der Waals surface area contributed by atoms with Gasteiger partial charge in [0.05, 0.1) is 46.1 Å². The second-order valence-electron chi connectivity index (χ2n) is 9.35. The molecule has 5 heterocycles. The van der Waals surface area contributed by atoms with Crippen molar-refractivity contribution in [1.29, 1.82) is 0 Å². The van der Waals surface area contributed by atoms with Gasteiger partial charge in [-0.2, -0.15) is 5.10 Å². The van der Waals surface area contributed by atoms with Crippen LogP contribution in [0.2, 0.25) is 10.0 Å². The Bertz CT molecular complexity index is 1410. The standard InChI is InChI=1S/C25H25Cl2N7O2/c1-33-7-3-2-4-22(33)25(35)34-11-20-21(12-34)30-24(29-20)23-15-8-14(5-6-19(15)31-32-23)36-13-16-17(26)9-28-10-18(16)27/h5-6,8-10,22H,2-4,7,11-13H2,1H3,(H,29,30)(H,31,32)/t22-/m0/s1. The molecule has 1 fully saturated rings. The Balaban J connectivity index is 1.20. The molecule has 0 aliphatic carbocycles. The van der Waals surface area contributed by atoms with E-state index >= 15 is 0 Å². The number of piperidine rings is 1. The smallest absolute Gasteiger partial charge is 0.240 e. The number of nitrogens with one attached hydrogen (secondary N) is 2. The number of imidazole rings is 1. The number of benzene rings is 1. The van der Waals surface area contributed by atoms with Gasteiger partial charge in [0, 0.05) is 23.3 Å². The summed E-state index contributed by atoms with van der Waals surface area (Å²) in [5.74, 6) is 1.51. The number of fused-ring (bicyclic) bond motifs is 2. The maximum atomic E-state index is 13.1. The molecule has 1 aromatic carbocycles. The summed E-state index contributed by atoms with van der Waals surface area (Å²) >= 11 is 12.4. The first-order chi connectivity index (χ1) is 17.5. The van der Waals surface area contributed by atoms with Crippen LogP contribution in [0, 0.1) is 0 Å². The lowest BCUT2D eigenvalue weighted by Crippen LogP contribution is -2.47. The van der Waals surface area contributed by atoms with Crippen LogP contribution in [0.1, 0.15) is 36.2 Å². The van der Waals surface area contributed by atoms with E-state index in [4.69, 9.17) is 32.9 Å². The molecule has 11 heteroatoms. The minimum atomic E-state index is -0.0344. The number of hydrogen-bond acceptors (Lipinski definition) is 6. The fourth-order valence-corrected chi connectivity index (χ4v) is 5.47. The van der Waals surface area contributed by atoms with Gasteiger partial charge in [-0.05, 0) is 44.6 Å². The van der Waals surface area contributed by atoms with Gasteiger partial charge in [0.1, 0.15) is 18.1 Å². The molecule has 2 aliphatic heterocycles. The summed E-state index contributed by atoms with van der Waals surface area (Å²) in [6.07, 6.45) is 6.26. The van der Waals surface area contributed by atoms with Gasteiger partial charge in [-0.3, -0.25) is 19.8 Å². The average Bonchev–Trinajstić information content (AvgIpc) is 3.56. The van der Waals surface area contributed by atoms with Crippen molar-refractivity contribution in [2.24, 2.45) is 0 Å². The molecule has 186 valence electrons. The maximum Gasteiger partial charge on any atom is 0.240 e. The van der Waals surface area contributed by atoms with E-state index in [0.29, 0.717) is 46.0 Å². The molecule has 36 heavy (non-hydrogen) atoms. The van der Waals surface area contributed by atoms with Crippen LogP contribution < -0.4 is 4.74 Å². The fourth-order valence-electron chi connectivity index (χ4n) is 5.00. The van der Waals surface area contributed by atoms with Crippen LogP contribution in [0.4, 0.5) is 0 Å². The minimum Gasteiger partial charge on any atom is -0.489 e. The van der Waals surface area contributed by atoms with Crippen molar-refractivity contribution in [3.63, 3.8) is 0 Å². The summed E-state index contributed by atoms with van der Waals surface area (Å²) < 4.78 is 5.97. The molecule has 9 nitrogen and oxygen atoms in total. The first-order valence-electron chi connectivity index (χ1n) is 11.9. The van der Waals surface area contributed by atoms with Crippen LogP contribution >= 0.6 is 23.2 Å². The molecule has 1 amide bonds. The Morgan fingerprint density at radius 3 is 2.81 bits per heavy atom. The summed E-state index contributed by atoms with van der Waals surface area (Å²) in [6, 6.07) is 5.66. The molecule has 0 unspecified atom stereocenters. The average molecular weight is 526 g/mol. The zero-order chi connectivity index (χ0) is 24.8. The Morgan fingerprint density at radius 1 is 1.19 bits per heavy atom. The number of ether oxygens (including phenoxy) is 1. The van der Waals surface area contributed by atoms with Crippen LogP contribution in [0.15, 0.2) is 30.6 Å². The number of likely N-dealkylation sites (N-methyl/N-ethyl adjacent to an activating group) is 1. The van der Waals surface area contributed by atoms with Crippen molar-refractivity contribution in [2.75, 3.05) is 13.6 Å². The van der Waals surface area contributed by atoms with E-state index < -0.39 is 0 Å². The van der Waals surface area contributed by atoms with E-state index in [1.165, 1.54) is 0 Å². The highest BCUT2D eigenvalue weighted by molar-refractivity contribution is 6.35. The van der Waals surface area contributed by atoms with Crippen molar-refractivity contribution < 1.29 is 9.53 Å². The van der Waals surface area contributed by atoms with Crippen LogP contribution in [-0.4, -0.2) is 60.5 Å². The van der Waals surface area contributed by atoms with Gasteiger partial charge in [0.2, 0.25) is 5.91 Å². The van der Waals surface area contributed by atoms with Crippen LogP contribution in [0.25, 0.3) is 22.4 Å². The number of carbonyl (C=O) groups excluding carboxylic acids is 1. The first kappa shape index (κ1) is 23.3. The van der Waals surface area contributed by atoms with E-state index in [1.54, 1.807) is 12.4 Å². The largest absolute Gasteiger partial charge is 0.489 e. The Labute approximate surface area is 217 Å². The van der Waals surface area contributed by atoms with Crippen molar-refractivity contribution in [1.82, 2.24) is 34.9 Å². The number of hydrogen-bond donors (Lipinski definition) is 2. The molecule has 1 saturated heterocycles.